The van der Waals surface area contributed by atoms with Crippen molar-refractivity contribution < 1.29 is 9.90 Å². The van der Waals surface area contributed by atoms with Crippen LogP contribution >= 0.6 is 0 Å². The summed E-state index contributed by atoms with van der Waals surface area (Å²) in [6.45, 7) is 8.41. The minimum atomic E-state index is -0.290. The molecule has 0 aromatic heterocycles. The van der Waals surface area contributed by atoms with E-state index in [1.54, 1.807) is 6.92 Å². The molecule has 0 aromatic carbocycles. The first kappa shape index (κ1) is 14.0. The molecule has 2 nitrogen and oxygen atoms in total. The Morgan fingerprint density at radius 3 is 2.61 bits per heavy atom. The van der Waals surface area contributed by atoms with Gasteiger partial charge in [-0.25, -0.2) is 0 Å². The third-order valence-corrected chi connectivity index (χ3v) is 5.99. The summed E-state index contributed by atoms with van der Waals surface area (Å²) in [5.41, 5.74) is -0.155. The highest BCUT2D eigenvalue weighted by Gasteiger charge is 2.58. The van der Waals surface area contributed by atoms with E-state index >= 15 is 0 Å². The Morgan fingerprint density at radius 2 is 2.06 bits per heavy atom. The van der Waals surface area contributed by atoms with Gasteiger partial charge in [-0.05, 0) is 43.9 Å². The summed E-state index contributed by atoms with van der Waals surface area (Å²) in [6, 6.07) is 0. The van der Waals surface area contributed by atoms with Crippen molar-refractivity contribution in [3.8, 4) is 0 Å². The lowest BCUT2D eigenvalue weighted by atomic mass is 9.55. The number of rotatable bonds is 3. The van der Waals surface area contributed by atoms with E-state index in [1.807, 2.05) is 0 Å². The van der Waals surface area contributed by atoms with Crippen LogP contribution in [-0.4, -0.2) is 17.0 Å². The molecule has 0 bridgehead atoms. The van der Waals surface area contributed by atoms with Crippen LogP contribution in [0, 0.1) is 29.1 Å². The molecule has 1 N–H and O–H groups in total. The van der Waals surface area contributed by atoms with Crippen molar-refractivity contribution in [2.24, 2.45) is 29.1 Å². The Bertz CT molecular complexity index is 325. The summed E-state index contributed by atoms with van der Waals surface area (Å²) < 4.78 is 0. The normalized spacial score (nSPS) is 47.9. The molecule has 0 aliphatic heterocycles. The van der Waals surface area contributed by atoms with Crippen molar-refractivity contribution in [3.63, 3.8) is 0 Å². The van der Waals surface area contributed by atoms with Crippen LogP contribution in [-0.2, 0) is 4.79 Å². The molecular weight excluding hydrogens is 224 g/mol. The second kappa shape index (κ2) is 4.96. The van der Waals surface area contributed by atoms with Gasteiger partial charge in [-0.1, -0.05) is 33.6 Å². The number of carbonyl (C=O) groups excluding carboxylic acids is 1. The second-order valence-electron chi connectivity index (χ2n) is 6.89. The van der Waals surface area contributed by atoms with Crippen LogP contribution in [0.3, 0.4) is 0 Å². The average molecular weight is 252 g/mol. The number of aliphatic hydroxyl groups is 1. The number of ketones is 1. The predicted octanol–water partition coefficient (Wildman–Crippen LogP) is 3.42. The van der Waals surface area contributed by atoms with Gasteiger partial charge in [-0.2, -0.15) is 0 Å². The van der Waals surface area contributed by atoms with Crippen molar-refractivity contribution in [1.82, 2.24) is 0 Å². The van der Waals surface area contributed by atoms with Crippen LogP contribution in [0.5, 0.6) is 0 Å². The molecular formula is C16H28O2. The van der Waals surface area contributed by atoms with Crippen LogP contribution in [0.25, 0.3) is 0 Å². The lowest BCUT2D eigenvalue weighted by molar-refractivity contribution is -0.137. The zero-order valence-electron chi connectivity index (χ0n) is 12.3. The minimum Gasteiger partial charge on any atom is -0.393 e. The van der Waals surface area contributed by atoms with Crippen molar-refractivity contribution in [3.05, 3.63) is 0 Å². The molecule has 0 amide bonds. The summed E-state index contributed by atoms with van der Waals surface area (Å²) in [6.07, 6.45) is 5.16. The Hall–Kier alpha value is -0.370. The minimum absolute atomic E-state index is 0.0874. The Kier molecular flexibility index (Phi) is 3.87. The van der Waals surface area contributed by atoms with Gasteiger partial charge in [0.1, 0.15) is 5.78 Å². The molecule has 0 spiro atoms. The van der Waals surface area contributed by atoms with E-state index in [9.17, 15) is 9.90 Å². The zero-order chi connectivity index (χ0) is 13.5. The van der Waals surface area contributed by atoms with Crippen molar-refractivity contribution in [1.29, 1.82) is 0 Å². The molecule has 2 rings (SSSR count). The van der Waals surface area contributed by atoms with E-state index < -0.39 is 0 Å². The Balaban J connectivity index is 2.31. The van der Waals surface area contributed by atoms with Gasteiger partial charge in [0, 0.05) is 11.3 Å². The molecule has 6 atom stereocenters. The van der Waals surface area contributed by atoms with Crippen molar-refractivity contribution in [2.75, 3.05) is 0 Å². The van der Waals surface area contributed by atoms with Gasteiger partial charge in [-0.3, -0.25) is 4.79 Å². The Morgan fingerprint density at radius 1 is 1.39 bits per heavy atom. The third-order valence-electron chi connectivity index (χ3n) is 5.99. The van der Waals surface area contributed by atoms with Crippen LogP contribution in [0.2, 0.25) is 0 Å². The first-order valence-corrected chi connectivity index (χ1v) is 7.61. The fourth-order valence-corrected chi connectivity index (χ4v) is 5.02. The standard InChI is InChI=1S/C16H28O2/c1-5-6-12-10(2)9-15(18)16(4)13(11(3)17)7-8-14(12)16/h10,12-15,18H,5-9H2,1-4H3. The maximum absolute atomic E-state index is 11.9. The highest BCUT2D eigenvalue weighted by atomic mass is 16.3. The van der Waals surface area contributed by atoms with Gasteiger partial charge >= 0.3 is 0 Å². The van der Waals surface area contributed by atoms with Gasteiger partial charge < -0.3 is 5.11 Å². The lowest BCUT2D eigenvalue weighted by Crippen LogP contribution is -2.51. The van der Waals surface area contributed by atoms with E-state index in [0.717, 1.165) is 19.3 Å². The summed E-state index contributed by atoms with van der Waals surface area (Å²) in [5.74, 6) is 2.22. The van der Waals surface area contributed by atoms with E-state index in [1.165, 1.54) is 12.8 Å². The summed E-state index contributed by atoms with van der Waals surface area (Å²) in [7, 11) is 0. The molecule has 104 valence electrons. The highest BCUT2D eigenvalue weighted by molar-refractivity contribution is 5.79. The number of hydrogen-bond donors (Lipinski definition) is 1. The number of carbonyl (C=O) groups is 1. The molecule has 0 saturated heterocycles. The van der Waals surface area contributed by atoms with Gasteiger partial charge in [0.15, 0.2) is 0 Å². The summed E-state index contributed by atoms with van der Waals surface area (Å²) >= 11 is 0. The smallest absolute Gasteiger partial charge is 0.133 e. The van der Waals surface area contributed by atoms with Crippen molar-refractivity contribution >= 4 is 5.78 Å². The lowest BCUT2D eigenvalue weighted by Gasteiger charge is -2.50. The molecule has 2 aliphatic rings. The first-order chi connectivity index (χ1) is 8.42. The molecule has 0 aromatic rings. The fraction of sp³-hybridized carbons (Fsp3) is 0.938. The van der Waals surface area contributed by atoms with Gasteiger partial charge in [0.25, 0.3) is 0 Å². The largest absolute Gasteiger partial charge is 0.393 e. The number of fused-ring (bicyclic) bond motifs is 1. The summed E-state index contributed by atoms with van der Waals surface area (Å²) in [5, 5.41) is 10.6. The van der Waals surface area contributed by atoms with Gasteiger partial charge in [0.05, 0.1) is 6.10 Å². The van der Waals surface area contributed by atoms with Crippen LogP contribution < -0.4 is 0 Å². The molecule has 6 unspecified atom stereocenters. The topological polar surface area (TPSA) is 37.3 Å². The average Bonchev–Trinajstić information content (AvgIpc) is 2.64. The number of hydrogen-bond acceptors (Lipinski definition) is 2. The van der Waals surface area contributed by atoms with E-state index in [4.69, 9.17) is 0 Å². The highest BCUT2D eigenvalue weighted by Crippen LogP contribution is 2.59. The van der Waals surface area contributed by atoms with Crippen LogP contribution in [0.4, 0.5) is 0 Å². The van der Waals surface area contributed by atoms with Crippen LogP contribution in [0.1, 0.15) is 59.8 Å². The molecule has 2 heteroatoms. The third kappa shape index (κ3) is 1.93. The molecule has 0 heterocycles. The molecule has 0 radical (unpaired) electrons. The maximum Gasteiger partial charge on any atom is 0.133 e. The Labute approximate surface area is 111 Å². The number of aliphatic hydroxyl groups excluding tert-OH is 1. The van der Waals surface area contributed by atoms with Gasteiger partial charge in [-0.15, -0.1) is 0 Å². The summed E-state index contributed by atoms with van der Waals surface area (Å²) in [4.78, 5) is 11.9. The maximum atomic E-state index is 11.9. The van der Waals surface area contributed by atoms with Gasteiger partial charge in [0.2, 0.25) is 0 Å². The predicted molar refractivity (Wildman–Crippen MR) is 73.2 cm³/mol. The monoisotopic (exact) mass is 252 g/mol. The molecule has 18 heavy (non-hydrogen) atoms. The first-order valence-electron chi connectivity index (χ1n) is 7.61. The van der Waals surface area contributed by atoms with E-state index in [-0.39, 0.29) is 23.2 Å². The van der Waals surface area contributed by atoms with Crippen molar-refractivity contribution in [2.45, 2.75) is 65.9 Å². The zero-order valence-corrected chi connectivity index (χ0v) is 12.3. The quantitative estimate of drug-likeness (QED) is 0.835. The molecule has 2 saturated carbocycles. The van der Waals surface area contributed by atoms with Crippen LogP contribution in [0.15, 0.2) is 0 Å². The molecule has 2 aliphatic carbocycles. The number of Topliss-reactive ketones (excluding diaryl/α,β-unsaturated/α-hetero) is 1. The fourth-order valence-electron chi connectivity index (χ4n) is 5.02. The van der Waals surface area contributed by atoms with E-state index in [2.05, 4.69) is 20.8 Å². The second-order valence-corrected chi connectivity index (χ2v) is 6.89. The molecule has 2 fully saturated rings. The van der Waals surface area contributed by atoms with E-state index in [0.29, 0.717) is 17.8 Å². The SMILES string of the molecule is CCCC1C(C)CC(O)C2(C)C(C(C)=O)CCC12.